The maximum atomic E-state index is 13.1. The van der Waals surface area contributed by atoms with E-state index in [-0.39, 0.29) is 16.9 Å². The quantitative estimate of drug-likeness (QED) is 0.812. The number of nitrogens with one attached hydrogen (secondary N) is 2. The fraction of sp³-hybridized carbons (Fsp3) is 0.583. The van der Waals surface area contributed by atoms with Crippen LogP contribution >= 0.6 is 0 Å². The molecule has 4 bridgehead atoms. The van der Waals surface area contributed by atoms with Crippen LogP contribution in [0.2, 0.25) is 0 Å². The van der Waals surface area contributed by atoms with Crippen molar-refractivity contribution in [3.63, 3.8) is 0 Å². The van der Waals surface area contributed by atoms with Gasteiger partial charge in [-0.1, -0.05) is 6.07 Å². The molecule has 0 unspecified atom stereocenters. The summed E-state index contributed by atoms with van der Waals surface area (Å²) in [6, 6.07) is 5.82. The van der Waals surface area contributed by atoms with Gasteiger partial charge in [0.2, 0.25) is 5.91 Å². The lowest BCUT2D eigenvalue weighted by Gasteiger charge is -2.55. The van der Waals surface area contributed by atoms with E-state index in [4.69, 9.17) is 4.74 Å². The Kier molecular flexibility index (Phi) is 4.45. The molecule has 1 heterocycles. The number of aromatic nitrogens is 1. The molecule has 4 aliphatic rings. The van der Waals surface area contributed by atoms with E-state index < -0.39 is 0 Å². The zero-order valence-electron chi connectivity index (χ0n) is 17.3. The van der Waals surface area contributed by atoms with Gasteiger partial charge in [-0.3, -0.25) is 9.59 Å². The van der Waals surface area contributed by atoms with Gasteiger partial charge in [0, 0.05) is 22.9 Å². The average Bonchev–Trinajstić information content (AvgIpc) is 2.68. The topological polar surface area (TPSA) is 71.2 Å². The number of carbonyl (C=O) groups excluding carboxylic acids is 1. The molecule has 2 N–H and O–H groups in total. The van der Waals surface area contributed by atoms with E-state index >= 15 is 0 Å². The van der Waals surface area contributed by atoms with Crippen molar-refractivity contribution in [3.8, 4) is 5.75 Å². The van der Waals surface area contributed by atoms with Crippen molar-refractivity contribution in [2.75, 3.05) is 13.7 Å². The van der Waals surface area contributed by atoms with Gasteiger partial charge in [-0.15, -0.1) is 0 Å². The summed E-state index contributed by atoms with van der Waals surface area (Å²) in [5.41, 5.74) is 2.30. The van der Waals surface area contributed by atoms with Gasteiger partial charge in [0.15, 0.2) is 0 Å². The Labute approximate surface area is 171 Å². The summed E-state index contributed by atoms with van der Waals surface area (Å²) in [5, 5.41) is 4.18. The molecule has 0 atom stereocenters. The Morgan fingerprint density at radius 2 is 1.83 bits per heavy atom. The minimum absolute atomic E-state index is 0.106. The Hall–Kier alpha value is -2.30. The number of carbonyl (C=O) groups is 1. The Balaban J connectivity index is 1.30. The molecule has 4 saturated carbocycles. The fourth-order valence-electron chi connectivity index (χ4n) is 6.69. The third kappa shape index (κ3) is 3.15. The molecule has 0 aliphatic heterocycles. The maximum absolute atomic E-state index is 13.1. The van der Waals surface area contributed by atoms with E-state index in [1.54, 1.807) is 7.11 Å². The second kappa shape index (κ2) is 6.89. The van der Waals surface area contributed by atoms with Crippen molar-refractivity contribution in [1.82, 2.24) is 10.3 Å². The summed E-state index contributed by atoms with van der Waals surface area (Å²) < 4.78 is 5.38. The molecule has 0 saturated heterocycles. The third-order valence-electron chi connectivity index (χ3n) is 7.69. The number of aromatic amines is 1. The van der Waals surface area contributed by atoms with Crippen LogP contribution in [0.25, 0.3) is 10.9 Å². The number of hydrogen-bond donors (Lipinski definition) is 2. The number of benzene rings is 1. The summed E-state index contributed by atoms with van der Waals surface area (Å²) in [7, 11) is 1.61. The molecule has 5 heteroatoms. The van der Waals surface area contributed by atoms with E-state index in [9.17, 15) is 9.59 Å². The van der Waals surface area contributed by atoms with Crippen molar-refractivity contribution in [2.45, 2.75) is 51.9 Å². The van der Waals surface area contributed by atoms with Gasteiger partial charge in [0.25, 0.3) is 5.56 Å². The molecule has 4 fully saturated rings. The molecule has 4 aliphatic carbocycles. The number of amides is 1. The first-order valence-electron chi connectivity index (χ1n) is 11.0. The zero-order chi connectivity index (χ0) is 20.2. The first kappa shape index (κ1) is 18.7. The smallest absolute Gasteiger partial charge is 0.251 e. The highest BCUT2D eigenvalue weighted by Gasteiger charge is 2.54. The minimum Gasteiger partial charge on any atom is -0.495 e. The number of rotatable bonds is 5. The van der Waals surface area contributed by atoms with Crippen LogP contribution in [0.1, 0.15) is 49.7 Å². The summed E-state index contributed by atoms with van der Waals surface area (Å²) in [6.45, 7) is 2.54. The number of hydrogen-bond acceptors (Lipinski definition) is 3. The molecule has 1 aromatic carbocycles. The number of H-pyrrole nitrogens is 1. The van der Waals surface area contributed by atoms with Crippen LogP contribution in [0.4, 0.5) is 0 Å². The highest BCUT2D eigenvalue weighted by atomic mass is 16.5. The van der Waals surface area contributed by atoms with Crippen LogP contribution in [0.5, 0.6) is 5.75 Å². The zero-order valence-corrected chi connectivity index (χ0v) is 17.3. The number of aryl methyl sites for hydroxylation is 1. The summed E-state index contributed by atoms with van der Waals surface area (Å²) in [6.07, 6.45) is 7.76. The molecule has 29 heavy (non-hydrogen) atoms. The standard InChI is InChI=1S/C24H30N2O3/c1-14-3-4-20(29-2)21-19(14)10-18(22(27)26-21)5-6-25-23(28)24-11-15-7-16(12-24)9-17(8-15)13-24/h3-4,10,15-17H,5-9,11-13H2,1-2H3,(H,25,28)(H,26,27). The SMILES string of the molecule is COc1ccc(C)c2cc(CCNC(=O)C34CC5CC(CC(C5)C3)C4)c(=O)[nH]c12. The molecule has 0 radical (unpaired) electrons. The molecule has 154 valence electrons. The number of ether oxygens (including phenoxy) is 1. The van der Waals surface area contributed by atoms with Crippen LogP contribution in [0.3, 0.4) is 0 Å². The monoisotopic (exact) mass is 394 g/mol. The lowest BCUT2D eigenvalue weighted by molar-refractivity contribution is -0.146. The summed E-state index contributed by atoms with van der Waals surface area (Å²) in [4.78, 5) is 28.7. The summed E-state index contributed by atoms with van der Waals surface area (Å²) >= 11 is 0. The predicted octanol–water partition coefficient (Wildman–Crippen LogP) is 3.72. The molecule has 0 spiro atoms. The normalized spacial score (nSPS) is 29.9. The average molecular weight is 395 g/mol. The van der Waals surface area contributed by atoms with Gasteiger partial charge >= 0.3 is 0 Å². The molecular weight excluding hydrogens is 364 g/mol. The Morgan fingerprint density at radius 3 is 2.45 bits per heavy atom. The first-order valence-corrected chi connectivity index (χ1v) is 11.0. The molecule has 1 aromatic heterocycles. The Bertz CT molecular complexity index is 987. The maximum Gasteiger partial charge on any atom is 0.251 e. The lowest BCUT2D eigenvalue weighted by Crippen LogP contribution is -2.53. The van der Waals surface area contributed by atoms with E-state index in [1.165, 1.54) is 19.3 Å². The van der Waals surface area contributed by atoms with Gasteiger partial charge in [-0.05, 0) is 87.3 Å². The Morgan fingerprint density at radius 1 is 1.17 bits per heavy atom. The van der Waals surface area contributed by atoms with Gasteiger partial charge in [-0.2, -0.15) is 0 Å². The predicted molar refractivity (Wildman–Crippen MR) is 113 cm³/mol. The van der Waals surface area contributed by atoms with E-state index in [0.29, 0.717) is 24.3 Å². The second-order valence-corrected chi connectivity index (χ2v) is 9.70. The van der Waals surface area contributed by atoms with E-state index in [0.717, 1.165) is 53.5 Å². The first-order chi connectivity index (χ1) is 14.0. The number of fused-ring (bicyclic) bond motifs is 1. The molecule has 6 rings (SSSR count). The van der Waals surface area contributed by atoms with Gasteiger partial charge in [0.1, 0.15) is 5.75 Å². The molecule has 1 amide bonds. The van der Waals surface area contributed by atoms with E-state index in [2.05, 4.69) is 10.3 Å². The van der Waals surface area contributed by atoms with Crippen molar-refractivity contribution in [3.05, 3.63) is 39.7 Å². The lowest BCUT2D eigenvalue weighted by atomic mass is 9.49. The van der Waals surface area contributed by atoms with Crippen LogP contribution in [0.15, 0.2) is 23.0 Å². The largest absolute Gasteiger partial charge is 0.495 e. The number of pyridine rings is 1. The van der Waals surface area contributed by atoms with Crippen LogP contribution in [0, 0.1) is 30.1 Å². The van der Waals surface area contributed by atoms with Gasteiger partial charge < -0.3 is 15.0 Å². The molecule has 2 aromatic rings. The fourth-order valence-corrected chi connectivity index (χ4v) is 6.69. The molecular formula is C24H30N2O3. The highest BCUT2D eigenvalue weighted by molar-refractivity contribution is 5.87. The van der Waals surface area contributed by atoms with Gasteiger partial charge in [0.05, 0.1) is 12.6 Å². The van der Waals surface area contributed by atoms with Crippen LogP contribution < -0.4 is 15.6 Å². The summed E-state index contributed by atoms with van der Waals surface area (Å²) in [5.74, 6) is 3.17. The van der Waals surface area contributed by atoms with Crippen LogP contribution in [-0.2, 0) is 11.2 Å². The highest BCUT2D eigenvalue weighted by Crippen LogP contribution is 2.60. The number of methoxy groups -OCH3 is 1. The molecule has 5 nitrogen and oxygen atoms in total. The third-order valence-corrected chi connectivity index (χ3v) is 7.69. The van der Waals surface area contributed by atoms with Crippen molar-refractivity contribution < 1.29 is 9.53 Å². The van der Waals surface area contributed by atoms with E-state index in [1.807, 2.05) is 25.1 Å². The van der Waals surface area contributed by atoms with Crippen molar-refractivity contribution in [2.24, 2.45) is 23.2 Å². The second-order valence-electron chi connectivity index (χ2n) is 9.70. The van der Waals surface area contributed by atoms with Crippen molar-refractivity contribution in [1.29, 1.82) is 0 Å². The van der Waals surface area contributed by atoms with Crippen LogP contribution in [-0.4, -0.2) is 24.5 Å². The van der Waals surface area contributed by atoms with Crippen molar-refractivity contribution >= 4 is 16.8 Å². The minimum atomic E-state index is -0.130. The van der Waals surface area contributed by atoms with Gasteiger partial charge in [-0.25, -0.2) is 0 Å².